The van der Waals surface area contributed by atoms with Crippen LogP contribution in [-0.4, -0.2) is 26.8 Å². The Balaban J connectivity index is 1.89. The van der Waals surface area contributed by atoms with Crippen LogP contribution in [0.4, 0.5) is 11.4 Å². The number of anilines is 1. The lowest BCUT2D eigenvalue weighted by molar-refractivity contribution is -0.384. The predicted octanol–water partition coefficient (Wildman–Crippen LogP) is 4.82. The molecule has 0 aliphatic carbocycles. The number of hydrogen-bond donors (Lipinski definition) is 2. The summed E-state index contributed by atoms with van der Waals surface area (Å²) < 4.78 is 1.93. The number of thiophene rings is 1. The fraction of sp³-hybridized carbons (Fsp3) is 0.200. The van der Waals surface area contributed by atoms with Crippen molar-refractivity contribution in [1.82, 2.24) is 4.57 Å². The number of rotatable bonds is 6. The van der Waals surface area contributed by atoms with Gasteiger partial charge in [0, 0.05) is 34.0 Å². The summed E-state index contributed by atoms with van der Waals surface area (Å²) >= 11 is 1.46. The molecular weight excluding hydrogens is 392 g/mol. The van der Waals surface area contributed by atoms with E-state index in [1.54, 1.807) is 18.3 Å². The molecule has 3 aromatic rings. The van der Waals surface area contributed by atoms with Gasteiger partial charge >= 0.3 is 5.97 Å². The van der Waals surface area contributed by atoms with Gasteiger partial charge in [0.15, 0.2) is 0 Å². The topological polar surface area (TPSA) is 110 Å². The molecule has 150 valence electrons. The Kier molecular flexibility index (Phi) is 5.51. The van der Waals surface area contributed by atoms with Crippen molar-refractivity contribution in [3.05, 3.63) is 73.4 Å². The summed E-state index contributed by atoms with van der Waals surface area (Å²) in [5, 5.41) is 25.2. The molecular formula is C20H20N4O4S. The molecule has 0 saturated heterocycles. The van der Waals surface area contributed by atoms with E-state index in [-0.39, 0.29) is 5.69 Å². The number of nitro benzene ring substituents is 1. The average Bonchev–Trinajstić information content (AvgIpc) is 3.10. The number of hydrogen-bond acceptors (Lipinski definition) is 6. The summed E-state index contributed by atoms with van der Waals surface area (Å²) in [6, 6.07) is 7.90. The van der Waals surface area contributed by atoms with Crippen molar-refractivity contribution in [2.45, 2.75) is 27.7 Å². The van der Waals surface area contributed by atoms with E-state index in [2.05, 4.69) is 10.5 Å². The molecule has 0 radical (unpaired) electrons. The highest BCUT2D eigenvalue weighted by Crippen LogP contribution is 2.33. The Morgan fingerprint density at radius 2 is 1.90 bits per heavy atom. The minimum Gasteiger partial charge on any atom is -0.478 e. The quantitative estimate of drug-likeness (QED) is 0.342. The summed E-state index contributed by atoms with van der Waals surface area (Å²) in [5.41, 5.74) is 7.20. The highest BCUT2D eigenvalue weighted by Gasteiger charge is 2.22. The van der Waals surface area contributed by atoms with E-state index in [9.17, 15) is 20.0 Å². The van der Waals surface area contributed by atoms with Gasteiger partial charge in [-0.15, -0.1) is 11.3 Å². The first-order valence-electron chi connectivity index (χ1n) is 8.76. The number of aromatic carboxylic acids is 1. The molecule has 0 amide bonds. The molecule has 3 rings (SSSR count). The number of carboxylic acids is 1. The second-order valence-electron chi connectivity index (χ2n) is 6.60. The van der Waals surface area contributed by atoms with Crippen LogP contribution in [0, 0.1) is 37.8 Å². The molecule has 0 atom stereocenters. The zero-order chi connectivity index (χ0) is 21.3. The number of benzene rings is 1. The summed E-state index contributed by atoms with van der Waals surface area (Å²) in [7, 11) is 0. The molecule has 1 aromatic carbocycles. The third-order valence-corrected chi connectivity index (χ3v) is 5.92. The monoisotopic (exact) mass is 412 g/mol. The first-order chi connectivity index (χ1) is 13.7. The van der Waals surface area contributed by atoms with Crippen molar-refractivity contribution in [2.75, 3.05) is 5.43 Å². The molecule has 0 bridgehead atoms. The number of hydrazone groups is 1. The number of nitrogens with zero attached hydrogens (tertiary/aromatic N) is 3. The normalized spacial score (nSPS) is 11.2. The van der Waals surface area contributed by atoms with Gasteiger partial charge in [-0.25, -0.2) is 4.79 Å². The van der Waals surface area contributed by atoms with E-state index in [1.807, 2.05) is 38.3 Å². The van der Waals surface area contributed by atoms with Crippen molar-refractivity contribution in [2.24, 2.45) is 5.10 Å². The lowest BCUT2D eigenvalue weighted by Crippen LogP contribution is -2.06. The number of nitrogens with one attached hydrogen (secondary N) is 1. The maximum Gasteiger partial charge on any atom is 0.339 e. The molecule has 2 N–H and O–H groups in total. The van der Waals surface area contributed by atoms with Crippen molar-refractivity contribution >= 4 is 34.9 Å². The van der Waals surface area contributed by atoms with Crippen LogP contribution in [0.25, 0.3) is 5.00 Å². The maximum atomic E-state index is 11.8. The molecule has 8 nitrogen and oxygen atoms in total. The Hall–Kier alpha value is -3.46. The molecule has 2 aromatic heterocycles. The van der Waals surface area contributed by atoms with E-state index in [0.29, 0.717) is 16.3 Å². The van der Waals surface area contributed by atoms with Crippen LogP contribution in [0.2, 0.25) is 0 Å². The van der Waals surface area contributed by atoms with E-state index in [1.165, 1.54) is 23.5 Å². The smallest absolute Gasteiger partial charge is 0.339 e. The third-order valence-electron chi connectivity index (χ3n) is 4.73. The first kappa shape index (κ1) is 20.3. The molecule has 0 saturated carbocycles. The molecule has 9 heteroatoms. The van der Waals surface area contributed by atoms with Gasteiger partial charge in [-0.1, -0.05) is 0 Å². The molecule has 29 heavy (non-hydrogen) atoms. The van der Waals surface area contributed by atoms with Crippen molar-refractivity contribution in [1.29, 1.82) is 0 Å². The summed E-state index contributed by atoms with van der Waals surface area (Å²) in [6.07, 6.45) is 1.65. The van der Waals surface area contributed by atoms with Crippen molar-refractivity contribution in [3.8, 4) is 5.00 Å². The van der Waals surface area contributed by atoms with Crippen molar-refractivity contribution in [3.63, 3.8) is 0 Å². The van der Waals surface area contributed by atoms with E-state index in [4.69, 9.17) is 0 Å². The van der Waals surface area contributed by atoms with Crippen LogP contribution >= 0.6 is 11.3 Å². The zero-order valence-corrected chi connectivity index (χ0v) is 17.2. The van der Waals surface area contributed by atoms with E-state index < -0.39 is 10.9 Å². The second kappa shape index (κ2) is 7.88. The molecule has 0 aliphatic heterocycles. The largest absolute Gasteiger partial charge is 0.478 e. The Bertz CT molecular complexity index is 1130. The van der Waals surface area contributed by atoms with Gasteiger partial charge in [0.25, 0.3) is 5.69 Å². The lowest BCUT2D eigenvalue weighted by Gasteiger charge is -2.09. The minimum absolute atomic E-state index is 0.0128. The van der Waals surface area contributed by atoms with E-state index in [0.717, 1.165) is 27.4 Å². The van der Waals surface area contributed by atoms with Crippen LogP contribution in [0.3, 0.4) is 0 Å². The van der Waals surface area contributed by atoms with Gasteiger partial charge in [0.05, 0.1) is 22.4 Å². The number of aromatic nitrogens is 1. The number of carboxylic acid groups (broad SMARTS) is 1. The van der Waals surface area contributed by atoms with Gasteiger partial charge in [0.1, 0.15) is 5.00 Å². The number of non-ortho nitro benzene ring substituents is 1. The van der Waals surface area contributed by atoms with Gasteiger partial charge in [0.2, 0.25) is 0 Å². The summed E-state index contributed by atoms with van der Waals surface area (Å²) in [6.45, 7) is 7.57. The first-order valence-corrected chi connectivity index (χ1v) is 9.58. The number of carbonyl (C=O) groups is 1. The Labute approximate surface area is 171 Å². The van der Waals surface area contributed by atoms with Gasteiger partial charge < -0.3 is 9.67 Å². The maximum absolute atomic E-state index is 11.8. The number of nitro groups is 1. The zero-order valence-electron chi connectivity index (χ0n) is 16.4. The van der Waals surface area contributed by atoms with Crippen LogP contribution in [-0.2, 0) is 0 Å². The van der Waals surface area contributed by atoms with Crippen molar-refractivity contribution < 1.29 is 14.8 Å². The lowest BCUT2D eigenvalue weighted by atomic mass is 10.1. The van der Waals surface area contributed by atoms with Gasteiger partial charge in [-0.2, -0.15) is 5.10 Å². The Morgan fingerprint density at radius 3 is 2.48 bits per heavy atom. The van der Waals surface area contributed by atoms with Crippen LogP contribution in [0.5, 0.6) is 0 Å². The Morgan fingerprint density at radius 1 is 1.24 bits per heavy atom. The van der Waals surface area contributed by atoms with Gasteiger partial charge in [-0.05, 0) is 51.5 Å². The summed E-state index contributed by atoms with van der Waals surface area (Å²) in [4.78, 5) is 23.0. The number of aryl methyl sites for hydroxylation is 2. The fourth-order valence-corrected chi connectivity index (χ4v) is 4.34. The second-order valence-corrected chi connectivity index (χ2v) is 7.81. The predicted molar refractivity (Wildman–Crippen MR) is 114 cm³/mol. The average molecular weight is 412 g/mol. The minimum atomic E-state index is -0.940. The fourth-order valence-electron chi connectivity index (χ4n) is 3.08. The van der Waals surface area contributed by atoms with Crippen LogP contribution in [0.15, 0.2) is 35.4 Å². The van der Waals surface area contributed by atoms with Crippen LogP contribution < -0.4 is 5.43 Å². The van der Waals surface area contributed by atoms with Crippen LogP contribution in [0.1, 0.15) is 37.7 Å². The molecule has 0 fully saturated rings. The molecule has 0 aliphatic rings. The SMILES string of the molecule is Cc1sc(-n2c(C)cc(/C=N\Nc3ccc([N+](=O)[O-])cc3)c2C)c(C(=O)O)c1C. The van der Waals surface area contributed by atoms with E-state index >= 15 is 0 Å². The van der Waals surface area contributed by atoms with Gasteiger partial charge in [-0.3, -0.25) is 15.5 Å². The standard InChI is InChI=1S/C20H20N4O4S/c1-11-9-15(10-21-22-16-5-7-17(8-6-16)24(27)28)13(3)23(11)19-18(20(25)26)12(2)14(4)29-19/h5-10,22H,1-4H3,(H,25,26)/b21-10-. The highest BCUT2D eigenvalue weighted by molar-refractivity contribution is 7.15. The molecule has 2 heterocycles. The highest BCUT2D eigenvalue weighted by atomic mass is 32.1. The summed E-state index contributed by atoms with van der Waals surface area (Å²) in [5.74, 6) is -0.940. The third kappa shape index (κ3) is 3.90. The molecule has 0 unspecified atom stereocenters. The molecule has 0 spiro atoms.